The van der Waals surface area contributed by atoms with Gasteiger partial charge >= 0.3 is 0 Å². The molecule has 1 heterocycles. The molecule has 3 N–H and O–H groups in total. The average Bonchev–Trinajstić information content (AvgIpc) is 2.93. The highest BCUT2D eigenvalue weighted by Crippen LogP contribution is 2.43. The van der Waals surface area contributed by atoms with Crippen LogP contribution in [0.15, 0.2) is 72.8 Å². The molecule has 0 spiro atoms. The van der Waals surface area contributed by atoms with Crippen LogP contribution in [0.1, 0.15) is 48.5 Å². The molecule has 0 saturated carbocycles. The number of rotatable bonds is 10. The zero-order valence-electron chi connectivity index (χ0n) is 21.3. The van der Waals surface area contributed by atoms with E-state index in [1.54, 1.807) is 11.8 Å². The molecule has 3 aromatic rings. The zero-order chi connectivity index (χ0) is 26.2. The Morgan fingerprint density at radius 2 is 1.65 bits per heavy atom. The van der Waals surface area contributed by atoms with E-state index in [4.69, 9.17) is 9.47 Å². The average molecular weight is 522 g/mol. The summed E-state index contributed by atoms with van der Waals surface area (Å²) in [7, 11) is 0. The van der Waals surface area contributed by atoms with Crippen LogP contribution in [0.4, 0.5) is 0 Å². The molecule has 7 heteroatoms. The van der Waals surface area contributed by atoms with Gasteiger partial charge in [0.15, 0.2) is 6.29 Å². The molecule has 37 heavy (non-hydrogen) atoms. The Hall–Kier alpha value is -2.68. The van der Waals surface area contributed by atoms with Gasteiger partial charge in [-0.05, 0) is 39.9 Å². The topological polar surface area (TPSA) is 88.0 Å². The summed E-state index contributed by atoms with van der Waals surface area (Å²) in [5.74, 6) is 1.48. The third kappa shape index (κ3) is 7.21. The fourth-order valence-electron chi connectivity index (χ4n) is 4.53. The Labute approximate surface area is 223 Å². The van der Waals surface area contributed by atoms with E-state index in [2.05, 4.69) is 36.5 Å². The second kappa shape index (κ2) is 13.2. The van der Waals surface area contributed by atoms with Gasteiger partial charge in [0.2, 0.25) is 5.91 Å². The van der Waals surface area contributed by atoms with Gasteiger partial charge in [-0.2, -0.15) is 11.8 Å². The van der Waals surface area contributed by atoms with Crippen LogP contribution in [-0.2, 0) is 27.4 Å². The van der Waals surface area contributed by atoms with E-state index >= 15 is 0 Å². The molecule has 0 aliphatic carbocycles. The van der Waals surface area contributed by atoms with Crippen LogP contribution in [-0.4, -0.2) is 40.3 Å². The van der Waals surface area contributed by atoms with E-state index in [1.807, 2.05) is 48.5 Å². The normalized spacial score (nSPS) is 21.5. The summed E-state index contributed by atoms with van der Waals surface area (Å²) in [5.41, 5.74) is 5.99. The van der Waals surface area contributed by atoms with Gasteiger partial charge in [0.25, 0.3) is 0 Å². The van der Waals surface area contributed by atoms with Crippen molar-refractivity contribution in [2.75, 3.05) is 18.1 Å². The molecule has 1 aliphatic rings. The number of hydrogen-bond acceptors (Lipinski definition) is 6. The molecule has 6 nitrogen and oxygen atoms in total. The Balaban J connectivity index is 1.60. The van der Waals surface area contributed by atoms with Crippen molar-refractivity contribution < 1.29 is 24.5 Å². The lowest BCUT2D eigenvalue weighted by Gasteiger charge is -2.41. The molecular formula is C30H35NO5S. The first-order chi connectivity index (χ1) is 18.0. The number of nitrogens with one attached hydrogen (secondary N) is 1. The van der Waals surface area contributed by atoms with Gasteiger partial charge in [-0.3, -0.25) is 4.79 Å². The van der Waals surface area contributed by atoms with Crippen molar-refractivity contribution in [1.82, 2.24) is 5.32 Å². The van der Waals surface area contributed by atoms with Gasteiger partial charge in [0.05, 0.1) is 25.4 Å². The number of hydrogen-bond donors (Lipinski definition) is 3. The van der Waals surface area contributed by atoms with Crippen LogP contribution >= 0.6 is 11.8 Å². The first-order valence-corrected chi connectivity index (χ1v) is 13.8. The van der Waals surface area contributed by atoms with Gasteiger partial charge in [0, 0.05) is 36.5 Å². The van der Waals surface area contributed by atoms with Crippen molar-refractivity contribution in [3.8, 4) is 11.1 Å². The van der Waals surface area contributed by atoms with E-state index in [0.29, 0.717) is 12.3 Å². The highest BCUT2D eigenvalue weighted by atomic mass is 32.2. The number of carbonyl (C=O) groups is 1. The third-order valence-corrected chi connectivity index (χ3v) is 7.64. The molecule has 4 unspecified atom stereocenters. The van der Waals surface area contributed by atoms with Gasteiger partial charge in [-0.15, -0.1) is 0 Å². The van der Waals surface area contributed by atoms with Crippen molar-refractivity contribution in [3.05, 3.63) is 95.1 Å². The van der Waals surface area contributed by atoms with E-state index in [0.717, 1.165) is 39.1 Å². The number of amides is 1. The van der Waals surface area contributed by atoms with Crippen LogP contribution in [0.5, 0.6) is 0 Å². The monoisotopic (exact) mass is 521 g/mol. The first-order valence-electron chi connectivity index (χ1n) is 12.6. The number of aliphatic hydroxyl groups is 2. The Morgan fingerprint density at radius 3 is 2.35 bits per heavy atom. The first kappa shape index (κ1) is 27.4. The quantitative estimate of drug-likeness (QED) is 0.326. The lowest BCUT2D eigenvalue weighted by atomic mass is 9.91. The van der Waals surface area contributed by atoms with Crippen molar-refractivity contribution in [2.45, 2.75) is 45.5 Å². The van der Waals surface area contributed by atoms with Crippen molar-refractivity contribution in [3.63, 3.8) is 0 Å². The van der Waals surface area contributed by atoms with E-state index in [-0.39, 0.29) is 37.2 Å². The number of ether oxygens (including phenoxy) is 2. The summed E-state index contributed by atoms with van der Waals surface area (Å²) >= 11 is 1.68. The molecule has 3 aromatic carbocycles. The highest BCUT2D eigenvalue weighted by molar-refractivity contribution is 7.99. The molecular weight excluding hydrogens is 486 g/mol. The molecule has 0 bridgehead atoms. The molecule has 1 aliphatic heterocycles. The summed E-state index contributed by atoms with van der Waals surface area (Å²) in [6.07, 6.45) is -0.765. The third-order valence-electron chi connectivity index (χ3n) is 6.60. The molecule has 4 atom stereocenters. The summed E-state index contributed by atoms with van der Waals surface area (Å²) < 4.78 is 13.1. The second-order valence-corrected chi connectivity index (χ2v) is 10.5. The maximum Gasteiger partial charge on any atom is 0.217 e. The predicted molar refractivity (Wildman–Crippen MR) is 147 cm³/mol. The Morgan fingerprint density at radius 1 is 0.919 bits per heavy atom. The fourth-order valence-corrected chi connectivity index (χ4v) is 5.44. The molecule has 0 aromatic heterocycles. The van der Waals surface area contributed by atoms with Gasteiger partial charge in [0.1, 0.15) is 0 Å². The maximum atomic E-state index is 11.3. The lowest BCUT2D eigenvalue weighted by Crippen LogP contribution is -2.38. The van der Waals surface area contributed by atoms with Gasteiger partial charge in [-0.1, -0.05) is 67.6 Å². The van der Waals surface area contributed by atoms with E-state index < -0.39 is 6.29 Å². The smallest absolute Gasteiger partial charge is 0.217 e. The fraction of sp³-hybridized carbons (Fsp3) is 0.367. The number of carbonyl (C=O) groups excluding carboxylic acids is 1. The maximum absolute atomic E-state index is 11.3. The molecule has 1 fully saturated rings. The SMILES string of the molecule is CC(=O)NCc1cccc(-c2cccc(C3OC(CSCCO)C(C)C(c4ccc(CO)cc4)O3)c2)c1. The zero-order valence-corrected chi connectivity index (χ0v) is 22.1. The molecule has 4 rings (SSSR count). The number of benzene rings is 3. The largest absolute Gasteiger partial charge is 0.396 e. The van der Waals surface area contributed by atoms with E-state index in [9.17, 15) is 15.0 Å². The van der Waals surface area contributed by atoms with Crippen molar-refractivity contribution in [2.24, 2.45) is 5.92 Å². The van der Waals surface area contributed by atoms with Gasteiger partial charge < -0.3 is 25.0 Å². The minimum absolute atomic E-state index is 0.00628. The van der Waals surface area contributed by atoms with Crippen molar-refractivity contribution >= 4 is 17.7 Å². The molecule has 1 saturated heterocycles. The second-order valence-electron chi connectivity index (χ2n) is 9.36. The minimum Gasteiger partial charge on any atom is -0.396 e. The van der Waals surface area contributed by atoms with Gasteiger partial charge in [-0.25, -0.2) is 0 Å². The van der Waals surface area contributed by atoms with E-state index in [1.165, 1.54) is 6.92 Å². The summed E-state index contributed by atoms with van der Waals surface area (Å²) in [4.78, 5) is 11.3. The predicted octanol–water partition coefficient (Wildman–Crippen LogP) is 5.00. The summed E-state index contributed by atoms with van der Waals surface area (Å²) in [6, 6.07) is 24.2. The van der Waals surface area contributed by atoms with Crippen LogP contribution in [0.2, 0.25) is 0 Å². The lowest BCUT2D eigenvalue weighted by molar-refractivity contribution is -0.268. The highest BCUT2D eigenvalue weighted by Gasteiger charge is 2.38. The standard InChI is InChI=1S/C30H35NO5S/c1-20-28(19-37-14-13-32)35-30(36-29(20)24-11-9-22(18-33)10-12-24)27-8-4-7-26(16-27)25-6-3-5-23(15-25)17-31-21(2)34/h3-12,15-16,20,28-30,32-33H,13-14,17-19H2,1-2H3,(H,31,34). The molecule has 1 amide bonds. The molecule has 196 valence electrons. The van der Waals surface area contributed by atoms with Crippen molar-refractivity contribution in [1.29, 1.82) is 0 Å². The molecule has 0 radical (unpaired) electrons. The van der Waals surface area contributed by atoms with Crippen LogP contribution in [0.25, 0.3) is 11.1 Å². The minimum atomic E-state index is -0.541. The number of thioether (sulfide) groups is 1. The van der Waals surface area contributed by atoms with Crippen LogP contribution in [0, 0.1) is 5.92 Å². The Bertz CT molecular complexity index is 1170. The van der Waals surface area contributed by atoms with Crippen LogP contribution < -0.4 is 5.32 Å². The number of aliphatic hydroxyl groups excluding tert-OH is 2. The Kier molecular flexibility index (Phi) is 9.77. The summed E-state index contributed by atoms with van der Waals surface area (Å²) in [5, 5.41) is 21.6. The summed E-state index contributed by atoms with van der Waals surface area (Å²) in [6.45, 7) is 4.29. The van der Waals surface area contributed by atoms with Crippen LogP contribution in [0.3, 0.4) is 0 Å².